The summed E-state index contributed by atoms with van der Waals surface area (Å²) in [5.74, 6) is -2.71. The molecule has 1 aliphatic rings. The number of hydrogen-bond acceptors (Lipinski definition) is 5. The molecule has 0 saturated heterocycles. The largest absolute Gasteiger partial charge is 0.573 e. The summed E-state index contributed by atoms with van der Waals surface area (Å²) >= 11 is 0. The van der Waals surface area contributed by atoms with E-state index >= 15 is 0 Å². The molecule has 2 heterocycles. The normalized spacial score (nSPS) is 19.9. The molecule has 0 bridgehead atoms. The average Bonchev–Trinajstić information content (AvgIpc) is 2.93. The molecular formula is C21H16F3N3O3. The summed E-state index contributed by atoms with van der Waals surface area (Å²) in [7, 11) is 0. The fourth-order valence-electron chi connectivity index (χ4n) is 2.57. The van der Waals surface area contributed by atoms with Crippen molar-refractivity contribution in [1.29, 1.82) is 0 Å². The topological polar surface area (TPSA) is 64.6 Å². The molecule has 1 aliphatic heterocycles. The number of halogens is 3. The summed E-state index contributed by atoms with van der Waals surface area (Å²) < 4.78 is 119. The summed E-state index contributed by atoms with van der Waals surface area (Å²) in [5.41, 5.74) is -0.836. The van der Waals surface area contributed by atoms with Crippen molar-refractivity contribution >= 4 is 5.91 Å². The molecular weight excluding hydrogens is 399 g/mol. The molecule has 154 valence electrons. The summed E-state index contributed by atoms with van der Waals surface area (Å²) in [6.07, 6.45) is -6.48. The van der Waals surface area contributed by atoms with E-state index in [-0.39, 0.29) is 22.7 Å². The number of ether oxygens (including phenoxy) is 2. The number of fused-ring (bicyclic) bond motifs is 1. The lowest BCUT2D eigenvalue weighted by atomic mass is 10.0. The zero-order valence-corrected chi connectivity index (χ0v) is 14.8. The SMILES string of the molecule is [2H]c1nc(CN2C(=O)c3cc(-c4c([2H])c([2H])c(OC(F)(F)F)c([2H])c4[2H])ccc3OCC2([2H])[2H])nc([2H])c1[2H]. The van der Waals surface area contributed by atoms with Crippen molar-refractivity contribution in [2.75, 3.05) is 13.1 Å². The number of amides is 1. The molecule has 2 aromatic carbocycles. The molecule has 0 fully saturated rings. The molecule has 0 radical (unpaired) electrons. The van der Waals surface area contributed by atoms with Gasteiger partial charge in [0.15, 0.2) is 0 Å². The van der Waals surface area contributed by atoms with Crippen molar-refractivity contribution < 1.29 is 39.8 Å². The lowest BCUT2D eigenvalue weighted by Gasteiger charge is -2.19. The van der Waals surface area contributed by atoms with Gasteiger partial charge in [0.1, 0.15) is 23.9 Å². The fraction of sp³-hybridized carbons (Fsp3) is 0.190. The number of hydrogen-bond donors (Lipinski definition) is 0. The van der Waals surface area contributed by atoms with E-state index in [1.54, 1.807) is 0 Å². The molecule has 0 unspecified atom stereocenters. The van der Waals surface area contributed by atoms with Crippen LogP contribution in [0.4, 0.5) is 13.2 Å². The van der Waals surface area contributed by atoms with Gasteiger partial charge in [0.05, 0.1) is 30.9 Å². The van der Waals surface area contributed by atoms with Crippen LogP contribution in [0, 0.1) is 0 Å². The molecule has 0 spiro atoms. The van der Waals surface area contributed by atoms with Crippen molar-refractivity contribution in [3.63, 3.8) is 0 Å². The van der Waals surface area contributed by atoms with Crippen LogP contribution < -0.4 is 9.47 Å². The Labute approximate surface area is 182 Å². The van der Waals surface area contributed by atoms with E-state index in [1.807, 2.05) is 0 Å². The van der Waals surface area contributed by atoms with Crippen LogP contribution in [0.3, 0.4) is 0 Å². The first-order valence-corrected chi connectivity index (χ1v) is 8.28. The molecule has 30 heavy (non-hydrogen) atoms. The number of carbonyl (C=O) groups is 1. The van der Waals surface area contributed by atoms with E-state index in [1.165, 1.54) is 12.1 Å². The minimum atomic E-state index is -5.27. The lowest BCUT2D eigenvalue weighted by molar-refractivity contribution is -0.274. The second kappa shape index (κ2) is 8.02. The van der Waals surface area contributed by atoms with Gasteiger partial charge >= 0.3 is 6.36 Å². The molecule has 4 rings (SSSR count). The zero-order valence-electron chi connectivity index (χ0n) is 23.8. The van der Waals surface area contributed by atoms with Gasteiger partial charge in [-0.15, -0.1) is 13.2 Å². The van der Waals surface area contributed by atoms with Crippen LogP contribution in [0.25, 0.3) is 11.1 Å². The van der Waals surface area contributed by atoms with Gasteiger partial charge in [0, 0.05) is 12.3 Å². The van der Waals surface area contributed by atoms with Crippen LogP contribution in [0.5, 0.6) is 11.5 Å². The van der Waals surface area contributed by atoms with E-state index in [0.29, 0.717) is 4.90 Å². The van der Waals surface area contributed by atoms with Crippen LogP contribution in [0.2, 0.25) is 0 Å². The van der Waals surface area contributed by atoms with E-state index in [0.717, 1.165) is 6.07 Å². The van der Waals surface area contributed by atoms with E-state index in [9.17, 15) is 18.0 Å². The minimum absolute atomic E-state index is 0.104. The van der Waals surface area contributed by atoms with E-state index in [2.05, 4.69) is 14.7 Å². The second-order valence-electron chi connectivity index (χ2n) is 5.79. The highest BCUT2D eigenvalue weighted by molar-refractivity contribution is 5.98. The lowest BCUT2D eigenvalue weighted by Crippen LogP contribution is -2.32. The maximum absolute atomic E-state index is 13.5. The molecule has 0 atom stereocenters. The van der Waals surface area contributed by atoms with Gasteiger partial charge in [-0.2, -0.15) is 0 Å². The number of benzene rings is 2. The first-order valence-electron chi connectivity index (χ1n) is 12.8. The number of aromatic nitrogens is 2. The number of nitrogens with zero attached hydrogens (tertiary/aromatic N) is 3. The van der Waals surface area contributed by atoms with E-state index in [4.69, 9.17) is 17.1 Å². The number of carbonyl (C=O) groups excluding carboxylic acids is 1. The quantitative estimate of drug-likeness (QED) is 0.632. The minimum Gasteiger partial charge on any atom is -0.491 e. The highest BCUT2D eigenvalue weighted by Crippen LogP contribution is 2.31. The molecule has 1 amide bonds. The van der Waals surface area contributed by atoms with Crippen LogP contribution >= 0.6 is 0 Å². The Morgan fingerprint density at radius 1 is 1.17 bits per heavy atom. The highest BCUT2D eigenvalue weighted by atomic mass is 19.4. The third-order valence-corrected chi connectivity index (χ3v) is 3.83. The van der Waals surface area contributed by atoms with Gasteiger partial charge < -0.3 is 14.4 Å². The Bertz CT molecular complexity index is 1450. The van der Waals surface area contributed by atoms with Gasteiger partial charge in [-0.1, -0.05) is 18.2 Å². The van der Waals surface area contributed by atoms with Gasteiger partial charge in [0.2, 0.25) is 0 Å². The third-order valence-electron chi connectivity index (χ3n) is 3.83. The highest BCUT2D eigenvalue weighted by Gasteiger charge is 2.31. The van der Waals surface area contributed by atoms with E-state index < -0.39 is 85.8 Å². The monoisotopic (exact) mass is 424 g/mol. The second-order valence-corrected chi connectivity index (χ2v) is 5.79. The fourth-order valence-corrected chi connectivity index (χ4v) is 2.57. The van der Waals surface area contributed by atoms with Gasteiger partial charge in [-0.25, -0.2) is 9.97 Å². The van der Waals surface area contributed by atoms with Crippen LogP contribution in [0.15, 0.2) is 60.8 Å². The Morgan fingerprint density at radius 3 is 2.60 bits per heavy atom. The Balaban J connectivity index is 1.81. The number of rotatable bonds is 4. The zero-order chi connectivity index (χ0) is 29.0. The summed E-state index contributed by atoms with van der Waals surface area (Å²) in [5, 5.41) is 0. The molecule has 0 aliphatic carbocycles. The Hall–Kier alpha value is -3.62. The predicted molar refractivity (Wildman–Crippen MR) is 101 cm³/mol. The summed E-state index contributed by atoms with van der Waals surface area (Å²) in [4.78, 5) is 21.6. The smallest absolute Gasteiger partial charge is 0.491 e. The maximum atomic E-state index is 13.5. The molecule has 6 nitrogen and oxygen atoms in total. The molecule has 3 aromatic rings. The molecule has 0 N–H and O–H groups in total. The van der Waals surface area contributed by atoms with Crippen molar-refractivity contribution in [2.24, 2.45) is 0 Å². The van der Waals surface area contributed by atoms with Gasteiger partial charge in [0.25, 0.3) is 5.91 Å². The number of alkyl halides is 3. The van der Waals surface area contributed by atoms with Crippen molar-refractivity contribution in [2.45, 2.75) is 12.9 Å². The predicted octanol–water partition coefficient (Wildman–Crippen LogP) is 4.08. The first kappa shape index (κ1) is 11.5. The summed E-state index contributed by atoms with van der Waals surface area (Å²) in [6.45, 7) is -3.74. The standard InChI is InChI=1S/C21H16F3N3O3/c22-21(23,24)30-16-5-2-14(3-6-16)15-4-7-18-17(12-15)20(28)27(10-11-29-18)13-19-25-8-1-9-26-19/h1-9,12H,10-11,13H2/i1D,2D,3D,5D,6D,8D,9D,10D2. The average molecular weight is 424 g/mol. The van der Waals surface area contributed by atoms with Gasteiger partial charge in [-0.05, 0) is 41.4 Å². The molecule has 0 saturated carbocycles. The van der Waals surface area contributed by atoms with Crippen LogP contribution in [-0.2, 0) is 6.54 Å². The third kappa shape index (κ3) is 4.51. The van der Waals surface area contributed by atoms with Crippen LogP contribution in [-0.4, -0.2) is 40.2 Å². The van der Waals surface area contributed by atoms with Crippen molar-refractivity contribution in [3.8, 4) is 22.6 Å². The Morgan fingerprint density at radius 2 is 1.90 bits per heavy atom. The Kier molecular flexibility index (Phi) is 3.08. The van der Waals surface area contributed by atoms with Crippen LogP contribution in [0.1, 0.15) is 28.5 Å². The first-order chi connectivity index (χ1) is 18.0. The summed E-state index contributed by atoms with van der Waals surface area (Å²) in [6, 6.07) is -0.991. The molecule has 9 heteroatoms. The van der Waals surface area contributed by atoms with Crippen molar-refractivity contribution in [3.05, 3.63) is 72.1 Å². The molecule has 1 aromatic heterocycles. The van der Waals surface area contributed by atoms with Crippen molar-refractivity contribution in [1.82, 2.24) is 14.9 Å². The van der Waals surface area contributed by atoms with Gasteiger partial charge in [-0.3, -0.25) is 4.79 Å². The maximum Gasteiger partial charge on any atom is 0.573 e.